The number of nitrogens with zero attached hydrogens (tertiary/aromatic N) is 1. The number of benzene rings is 3. The summed E-state index contributed by atoms with van der Waals surface area (Å²) in [5, 5.41) is 2.39. The van der Waals surface area contributed by atoms with E-state index in [0.717, 1.165) is 28.2 Å². The van der Waals surface area contributed by atoms with Crippen molar-refractivity contribution in [3.8, 4) is 5.75 Å². The molecule has 0 spiro atoms. The molecule has 1 N–H and O–H groups in total. The van der Waals surface area contributed by atoms with E-state index in [1.807, 2.05) is 31.2 Å². The largest absolute Gasteiger partial charge is 0.486 e. The molecular weight excluding hydrogens is 527 g/mol. The van der Waals surface area contributed by atoms with Gasteiger partial charge in [-0.3, -0.25) is 14.9 Å². The number of hydrogen-bond donors (Lipinski definition) is 1. The summed E-state index contributed by atoms with van der Waals surface area (Å²) in [6, 6.07) is 14.9. The van der Waals surface area contributed by atoms with Crippen LogP contribution in [-0.2, 0) is 16.2 Å². The molecule has 0 atom stereocenters. The SMILES string of the molecule is Cc1ccc(COc2c(Cl)cc(/C=C3\C(=O)NC(=O)N(c4ccc(F)cc4)C3=O)cc2Br)cc1. The Morgan fingerprint density at radius 2 is 1.74 bits per heavy atom. The summed E-state index contributed by atoms with van der Waals surface area (Å²) in [6.07, 6.45) is 1.32. The molecule has 0 radical (unpaired) electrons. The van der Waals surface area contributed by atoms with Gasteiger partial charge in [0.2, 0.25) is 0 Å². The number of nitrogens with one attached hydrogen (secondary N) is 1. The number of anilines is 1. The molecule has 1 aliphatic rings. The lowest BCUT2D eigenvalue weighted by atomic mass is 10.1. The third kappa shape index (κ3) is 5.03. The lowest BCUT2D eigenvalue weighted by Crippen LogP contribution is -2.54. The Bertz CT molecular complexity index is 1300. The molecule has 1 fully saturated rings. The quantitative estimate of drug-likeness (QED) is 0.326. The third-order valence-corrected chi connectivity index (χ3v) is 5.89. The standard InChI is InChI=1S/C25H17BrClFN2O4/c1-14-2-4-15(5-3-14)13-34-22-20(26)11-16(12-21(22)27)10-19-23(31)29-25(33)30(24(19)32)18-8-6-17(28)7-9-18/h2-12H,13H2,1H3,(H,29,31,33)/b19-10+. The second kappa shape index (κ2) is 9.79. The highest BCUT2D eigenvalue weighted by Gasteiger charge is 2.36. The summed E-state index contributed by atoms with van der Waals surface area (Å²) in [4.78, 5) is 38.4. The first-order chi connectivity index (χ1) is 16.2. The predicted molar refractivity (Wildman–Crippen MR) is 130 cm³/mol. The molecule has 0 saturated carbocycles. The maximum atomic E-state index is 13.3. The first kappa shape index (κ1) is 23.7. The number of urea groups is 1. The van der Waals surface area contributed by atoms with Gasteiger partial charge < -0.3 is 4.74 Å². The van der Waals surface area contributed by atoms with Gasteiger partial charge >= 0.3 is 6.03 Å². The second-order valence-corrected chi connectivity index (χ2v) is 8.78. The molecule has 4 rings (SSSR count). The zero-order chi connectivity index (χ0) is 24.4. The topological polar surface area (TPSA) is 75.7 Å². The monoisotopic (exact) mass is 542 g/mol. The van der Waals surface area contributed by atoms with E-state index in [9.17, 15) is 18.8 Å². The Labute approximate surface area is 208 Å². The van der Waals surface area contributed by atoms with Gasteiger partial charge in [-0.1, -0.05) is 41.4 Å². The van der Waals surface area contributed by atoms with Gasteiger partial charge in [0.05, 0.1) is 15.2 Å². The van der Waals surface area contributed by atoms with E-state index >= 15 is 0 Å². The van der Waals surface area contributed by atoms with E-state index in [-0.39, 0.29) is 16.3 Å². The molecular formula is C25H17BrClFN2O4. The van der Waals surface area contributed by atoms with Crippen LogP contribution in [0.5, 0.6) is 5.75 Å². The molecule has 0 unspecified atom stereocenters. The Balaban J connectivity index is 1.60. The fraction of sp³-hybridized carbons (Fsp3) is 0.0800. The number of carbonyl (C=O) groups is 3. The number of halogens is 3. The van der Waals surface area contributed by atoms with Crippen molar-refractivity contribution in [2.75, 3.05) is 4.90 Å². The molecule has 172 valence electrons. The van der Waals surface area contributed by atoms with E-state index in [1.165, 1.54) is 18.2 Å². The van der Waals surface area contributed by atoms with Crippen molar-refractivity contribution in [2.24, 2.45) is 0 Å². The third-order valence-electron chi connectivity index (χ3n) is 5.02. The highest BCUT2D eigenvalue weighted by atomic mass is 79.9. The van der Waals surface area contributed by atoms with Crippen molar-refractivity contribution < 1.29 is 23.5 Å². The van der Waals surface area contributed by atoms with Crippen molar-refractivity contribution in [1.82, 2.24) is 5.32 Å². The predicted octanol–water partition coefficient (Wildman–Crippen LogP) is 5.80. The van der Waals surface area contributed by atoms with Gasteiger partial charge in [-0.25, -0.2) is 14.1 Å². The zero-order valence-corrected chi connectivity index (χ0v) is 20.1. The van der Waals surface area contributed by atoms with Crippen LogP contribution >= 0.6 is 27.5 Å². The number of ether oxygens (including phenoxy) is 1. The van der Waals surface area contributed by atoms with Crippen LogP contribution in [0.4, 0.5) is 14.9 Å². The van der Waals surface area contributed by atoms with Crippen LogP contribution in [0.3, 0.4) is 0 Å². The van der Waals surface area contributed by atoms with Gasteiger partial charge in [-0.05, 0) is 76.5 Å². The van der Waals surface area contributed by atoms with Gasteiger partial charge in [0, 0.05) is 0 Å². The van der Waals surface area contributed by atoms with Gasteiger partial charge in [-0.2, -0.15) is 0 Å². The first-order valence-corrected chi connectivity index (χ1v) is 11.2. The Kier molecular flexibility index (Phi) is 6.81. The number of hydrogen-bond acceptors (Lipinski definition) is 4. The van der Waals surface area contributed by atoms with Crippen LogP contribution < -0.4 is 15.0 Å². The van der Waals surface area contributed by atoms with Crippen molar-refractivity contribution >= 4 is 57.1 Å². The molecule has 0 bridgehead atoms. The van der Waals surface area contributed by atoms with Gasteiger partial charge in [0.25, 0.3) is 11.8 Å². The second-order valence-electron chi connectivity index (χ2n) is 7.52. The summed E-state index contributed by atoms with van der Waals surface area (Å²) < 4.78 is 19.6. The Morgan fingerprint density at radius 1 is 1.06 bits per heavy atom. The minimum atomic E-state index is -0.919. The fourth-order valence-electron chi connectivity index (χ4n) is 3.29. The fourth-order valence-corrected chi connectivity index (χ4v) is 4.28. The van der Waals surface area contributed by atoms with E-state index < -0.39 is 23.7 Å². The number of aryl methyl sites for hydroxylation is 1. The Hall–Kier alpha value is -3.49. The average molecular weight is 544 g/mol. The minimum absolute atomic E-state index is 0.126. The maximum Gasteiger partial charge on any atom is 0.335 e. The number of carbonyl (C=O) groups excluding carboxylic acids is 3. The average Bonchev–Trinajstić information content (AvgIpc) is 2.78. The lowest BCUT2D eigenvalue weighted by Gasteiger charge is -2.26. The summed E-state index contributed by atoms with van der Waals surface area (Å²) >= 11 is 9.83. The maximum absolute atomic E-state index is 13.3. The molecule has 1 saturated heterocycles. The molecule has 6 nitrogen and oxygen atoms in total. The van der Waals surface area contributed by atoms with Crippen LogP contribution in [0.25, 0.3) is 6.08 Å². The first-order valence-electron chi connectivity index (χ1n) is 10.1. The smallest absolute Gasteiger partial charge is 0.335 e. The molecule has 3 aromatic carbocycles. The molecule has 1 aliphatic heterocycles. The summed E-state index contributed by atoms with van der Waals surface area (Å²) in [7, 11) is 0. The molecule has 0 aromatic heterocycles. The van der Waals surface area contributed by atoms with E-state index in [4.69, 9.17) is 16.3 Å². The van der Waals surface area contributed by atoms with Crippen LogP contribution in [-0.4, -0.2) is 17.8 Å². The van der Waals surface area contributed by atoms with Crippen LogP contribution in [0.1, 0.15) is 16.7 Å². The molecule has 9 heteroatoms. The van der Waals surface area contributed by atoms with E-state index in [2.05, 4.69) is 21.2 Å². The van der Waals surface area contributed by atoms with Crippen molar-refractivity contribution in [3.05, 3.63) is 98.2 Å². The molecule has 3 aromatic rings. The summed E-state index contributed by atoms with van der Waals surface area (Å²) in [5.41, 5.74) is 2.39. The van der Waals surface area contributed by atoms with Crippen LogP contribution in [0, 0.1) is 12.7 Å². The molecule has 4 amide bonds. The summed E-state index contributed by atoms with van der Waals surface area (Å²) in [6.45, 7) is 2.30. The number of rotatable bonds is 5. The van der Waals surface area contributed by atoms with Gasteiger partial charge in [0.1, 0.15) is 18.0 Å². The van der Waals surface area contributed by atoms with E-state index in [0.29, 0.717) is 22.4 Å². The normalized spacial score (nSPS) is 15.0. The number of barbiturate groups is 1. The number of imide groups is 2. The Morgan fingerprint density at radius 3 is 2.38 bits per heavy atom. The van der Waals surface area contributed by atoms with Gasteiger partial charge in [0.15, 0.2) is 5.75 Å². The van der Waals surface area contributed by atoms with Gasteiger partial charge in [-0.15, -0.1) is 0 Å². The number of amides is 4. The minimum Gasteiger partial charge on any atom is -0.486 e. The lowest BCUT2D eigenvalue weighted by molar-refractivity contribution is -0.122. The zero-order valence-electron chi connectivity index (χ0n) is 17.8. The molecule has 34 heavy (non-hydrogen) atoms. The highest BCUT2D eigenvalue weighted by Crippen LogP contribution is 2.36. The van der Waals surface area contributed by atoms with Crippen molar-refractivity contribution in [3.63, 3.8) is 0 Å². The van der Waals surface area contributed by atoms with Crippen LogP contribution in [0.2, 0.25) is 5.02 Å². The van der Waals surface area contributed by atoms with E-state index in [1.54, 1.807) is 12.1 Å². The molecule has 0 aliphatic carbocycles. The molecule has 1 heterocycles. The highest BCUT2D eigenvalue weighted by molar-refractivity contribution is 9.10. The van der Waals surface area contributed by atoms with Crippen molar-refractivity contribution in [2.45, 2.75) is 13.5 Å². The van der Waals surface area contributed by atoms with Crippen LogP contribution in [0.15, 0.2) is 70.7 Å². The summed E-state index contributed by atoms with van der Waals surface area (Å²) in [5.74, 6) is -1.80. The van der Waals surface area contributed by atoms with Crippen molar-refractivity contribution in [1.29, 1.82) is 0 Å².